The minimum Gasteiger partial charge on any atom is -0.497 e. The van der Waals surface area contributed by atoms with Crippen molar-refractivity contribution in [3.63, 3.8) is 0 Å². The van der Waals surface area contributed by atoms with Crippen molar-refractivity contribution >= 4 is 35.1 Å². The van der Waals surface area contributed by atoms with Crippen LogP contribution < -0.4 is 14.8 Å². The predicted octanol–water partition coefficient (Wildman–Crippen LogP) is 5.28. The molecule has 0 unspecified atom stereocenters. The van der Waals surface area contributed by atoms with Crippen molar-refractivity contribution in [2.45, 2.75) is 16.5 Å². The molecule has 0 bridgehead atoms. The largest absolute Gasteiger partial charge is 0.497 e. The summed E-state index contributed by atoms with van der Waals surface area (Å²) in [5.74, 6) is 2.93. The van der Waals surface area contributed by atoms with Crippen LogP contribution in [0, 0.1) is 0 Å². The molecule has 4 aromatic rings. The SMILES string of the molecule is COc1ccc(OC)c(Cc2ccc(C(=O)Nc3nsc(SCc4ccccc4)n3)o2)c1. The Morgan fingerprint density at radius 2 is 1.94 bits per heavy atom. The van der Waals surface area contributed by atoms with Crippen LogP contribution >= 0.6 is 23.3 Å². The fourth-order valence-electron chi connectivity index (χ4n) is 3.00. The molecule has 0 fully saturated rings. The van der Waals surface area contributed by atoms with E-state index in [1.807, 2.05) is 36.4 Å². The average Bonchev–Trinajstić information content (AvgIpc) is 3.48. The summed E-state index contributed by atoms with van der Waals surface area (Å²) in [4.78, 5) is 16.9. The normalized spacial score (nSPS) is 10.7. The molecule has 0 spiro atoms. The number of benzene rings is 2. The van der Waals surface area contributed by atoms with Crippen molar-refractivity contribution in [1.29, 1.82) is 0 Å². The highest BCUT2D eigenvalue weighted by Crippen LogP contribution is 2.28. The van der Waals surface area contributed by atoms with E-state index in [9.17, 15) is 4.79 Å². The molecule has 0 radical (unpaired) electrons. The highest BCUT2D eigenvalue weighted by atomic mass is 32.2. The predicted molar refractivity (Wildman–Crippen MR) is 125 cm³/mol. The number of hydrogen-bond acceptors (Lipinski definition) is 8. The number of methoxy groups -OCH3 is 2. The van der Waals surface area contributed by atoms with Crippen LogP contribution in [0.1, 0.15) is 27.4 Å². The van der Waals surface area contributed by atoms with Crippen LogP contribution in [0.15, 0.2) is 69.4 Å². The fourth-order valence-corrected chi connectivity index (χ4v) is 4.52. The zero-order valence-electron chi connectivity index (χ0n) is 17.5. The molecule has 2 aromatic heterocycles. The molecule has 0 aliphatic rings. The molecule has 7 nitrogen and oxygen atoms in total. The number of hydrogen-bond donors (Lipinski definition) is 1. The summed E-state index contributed by atoms with van der Waals surface area (Å²) < 4.78 is 21.4. The lowest BCUT2D eigenvalue weighted by Crippen LogP contribution is -2.11. The first kappa shape index (κ1) is 21.9. The Hall–Kier alpha value is -3.30. The molecule has 0 saturated heterocycles. The average molecular weight is 468 g/mol. The summed E-state index contributed by atoms with van der Waals surface area (Å²) in [6.45, 7) is 0. The second kappa shape index (κ2) is 10.3. The maximum absolute atomic E-state index is 12.6. The van der Waals surface area contributed by atoms with Gasteiger partial charge in [-0.2, -0.15) is 9.36 Å². The number of nitrogens with zero attached hydrogens (tertiary/aromatic N) is 2. The molecule has 1 amide bonds. The van der Waals surface area contributed by atoms with Crippen LogP contribution in [0.5, 0.6) is 11.5 Å². The van der Waals surface area contributed by atoms with Gasteiger partial charge in [0.15, 0.2) is 10.1 Å². The van der Waals surface area contributed by atoms with E-state index >= 15 is 0 Å². The van der Waals surface area contributed by atoms with E-state index in [0.29, 0.717) is 12.2 Å². The molecule has 0 aliphatic heterocycles. The molecule has 0 aliphatic carbocycles. The third-order valence-electron chi connectivity index (χ3n) is 4.58. The standard InChI is InChI=1S/C23H21N3O4S2/c1-28-17-8-10-19(29-2)16(12-17)13-18-9-11-20(30-18)21(27)24-22-25-23(32-26-22)31-14-15-6-4-3-5-7-15/h3-12H,13-14H2,1-2H3,(H,24,26,27). The van der Waals surface area contributed by atoms with E-state index in [0.717, 1.165) is 27.2 Å². The Morgan fingerprint density at radius 1 is 1.09 bits per heavy atom. The fraction of sp³-hybridized carbons (Fsp3) is 0.174. The Morgan fingerprint density at radius 3 is 2.72 bits per heavy atom. The molecule has 4 rings (SSSR count). The monoisotopic (exact) mass is 467 g/mol. The van der Waals surface area contributed by atoms with E-state index in [4.69, 9.17) is 13.9 Å². The smallest absolute Gasteiger partial charge is 0.293 e. The third kappa shape index (κ3) is 5.49. The van der Waals surface area contributed by atoms with Gasteiger partial charge in [-0.05, 0) is 47.4 Å². The molecular weight excluding hydrogens is 446 g/mol. The molecule has 2 aromatic carbocycles. The van der Waals surface area contributed by atoms with Gasteiger partial charge in [0.2, 0.25) is 5.95 Å². The van der Waals surface area contributed by atoms with Gasteiger partial charge in [0.05, 0.1) is 14.2 Å². The van der Waals surface area contributed by atoms with Gasteiger partial charge in [-0.15, -0.1) is 0 Å². The lowest BCUT2D eigenvalue weighted by atomic mass is 10.1. The van der Waals surface area contributed by atoms with Crippen molar-refractivity contribution in [1.82, 2.24) is 9.36 Å². The number of ether oxygens (including phenoxy) is 2. The molecule has 9 heteroatoms. The van der Waals surface area contributed by atoms with Gasteiger partial charge in [0.25, 0.3) is 5.91 Å². The second-order valence-electron chi connectivity index (χ2n) is 6.73. The van der Waals surface area contributed by atoms with Crippen LogP contribution in [0.3, 0.4) is 0 Å². The van der Waals surface area contributed by atoms with Gasteiger partial charge >= 0.3 is 0 Å². The van der Waals surface area contributed by atoms with Crippen LogP contribution in [0.4, 0.5) is 5.95 Å². The second-order valence-corrected chi connectivity index (χ2v) is 8.71. The van der Waals surface area contributed by atoms with Gasteiger partial charge in [-0.1, -0.05) is 42.1 Å². The Balaban J connectivity index is 1.37. The molecule has 1 N–H and O–H groups in total. The van der Waals surface area contributed by atoms with Crippen LogP contribution in [0.2, 0.25) is 0 Å². The molecule has 0 atom stereocenters. The first-order chi connectivity index (χ1) is 15.6. The number of anilines is 1. The lowest BCUT2D eigenvalue weighted by Gasteiger charge is -2.09. The number of carbonyl (C=O) groups is 1. The number of nitrogens with one attached hydrogen (secondary N) is 1. The number of rotatable bonds is 9. The summed E-state index contributed by atoms with van der Waals surface area (Å²) in [6.07, 6.45) is 0.461. The molecule has 32 heavy (non-hydrogen) atoms. The summed E-state index contributed by atoms with van der Waals surface area (Å²) in [7, 11) is 3.22. The van der Waals surface area contributed by atoms with Crippen molar-refractivity contribution in [3.05, 3.63) is 83.3 Å². The first-order valence-corrected chi connectivity index (χ1v) is 11.5. The van der Waals surface area contributed by atoms with Gasteiger partial charge < -0.3 is 13.9 Å². The number of furan rings is 1. The maximum Gasteiger partial charge on any atom is 0.293 e. The molecule has 164 valence electrons. The van der Waals surface area contributed by atoms with Crippen LogP contribution in [0.25, 0.3) is 0 Å². The summed E-state index contributed by atoms with van der Waals surface area (Å²) in [5.41, 5.74) is 2.10. The highest BCUT2D eigenvalue weighted by molar-refractivity contribution is 8.00. The molecular formula is C23H21N3O4S2. The summed E-state index contributed by atoms with van der Waals surface area (Å²) >= 11 is 2.83. The molecule has 2 heterocycles. The number of carbonyl (C=O) groups excluding carboxylic acids is 1. The number of thioether (sulfide) groups is 1. The third-order valence-corrected chi connectivity index (χ3v) is 6.48. The Labute approximate surface area is 194 Å². The first-order valence-electron chi connectivity index (χ1n) is 9.76. The number of aromatic nitrogens is 2. The minimum absolute atomic E-state index is 0.190. The van der Waals surface area contributed by atoms with E-state index in [1.165, 1.54) is 17.1 Å². The van der Waals surface area contributed by atoms with Crippen LogP contribution in [-0.4, -0.2) is 29.5 Å². The van der Waals surface area contributed by atoms with Gasteiger partial charge in [-0.3, -0.25) is 10.1 Å². The summed E-state index contributed by atoms with van der Waals surface area (Å²) in [5, 5.41) is 2.69. The lowest BCUT2D eigenvalue weighted by molar-refractivity contribution is 0.0994. The maximum atomic E-state index is 12.6. The topological polar surface area (TPSA) is 86.5 Å². The van der Waals surface area contributed by atoms with Crippen LogP contribution in [-0.2, 0) is 12.2 Å². The number of amides is 1. The van der Waals surface area contributed by atoms with Crippen molar-refractivity contribution in [2.75, 3.05) is 19.5 Å². The Kier molecular flexibility index (Phi) is 7.08. The highest BCUT2D eigenvalue weighted by Gasteiger charge is 2.16. The zero-order chi connectivity index (χ0) is 22.3. The van der Waals surface area contributed by atoms with E-state index < -0.39 is 5.91 Å². The van der Waals surface area contributed by atoms with E-state index in [1.54, 1.807) is 38.1 Å². The quantitative estimate of drug-likeness (QED) is 0.335. The van der Waals surface area contributed by atoms with Crippen molar-refractivity contribution in [3.8, 4) is 11.5 Å². The van der Waals surface area contributed by atoms with Gasteiger partial charge in [0.1, 0.15) is 17.3 Å². The zero-order valence-corrected chi connectivity index (χ0v) is 19.2. The summed E-state index contributed by atoms with van der Waals surface area (Å²) in [6, 6.07) is 19.1. The van der Waals surface area contributed by atoms with E-state index in [-0.39, 0.29) is 11.7 Å². The van der Waals surface area contributed by atoms with Crippen molar-refractivity contribution in [2.24, 2.45) is 0 Å². The van der Waals surface area contributed by atoms with Gasteiger partial charge in [0, 0.05) is 17.7 Å². The van der Waals surface area contributed by atoms with Crippen molar-refractivity contribution < 1.29 is 18.7 Å². The minimum atomic E-state index is -0.397. The molecule has 0 saturated carbocycles. The Bertz CT molecular complexity index is 1190. The van der Waals surface area contributed by atoms with E-state index in [2.05, 4.69) is 26.8 Å². The van der Waals surface area contributed by atoms with Gasteiger partial charge in [-0.25, -0.2) is 0 Å².